The monoisotopic (exact) mass is 246 g/mol. The van der Waals surface area contributed by atoms with Gasteiger partial charge in [0.2, 0.25) is 5.91 Å². The van der Waals surface area contributed by atoms with E-state index in [0.29, 0.717) is 13.2 Å². The Bertz CT molecular complexity index is 244. The summed E-state index contributed by atoms with van der Waals surface area (Å²) in [4.78, 5) is 14.0. The molecule has 0 aromatic heterocycles. The average Bonchev–Trinajstić information content (AvgIpc) is 2.16. The summed E-state index contributed by atoms with van der Waals surface area (Å²) in [6.07, 6.45) is 0.820. The number of hydrogen-bond donors (Lipinski definition) is 1. The summed E-state index contributed by atoms with van der Waals surface area (Å²) in [5.41, 5.74) is 5.59. The quantitative estimate of drug-likeness (QED) is 0.539. The van der Waals surface area contributed by atoms with Gasteiger partial charge >= 0.3 is 0 Å². The second-order valence-electron chi connectivity index (χ2n) is 4.23. The number of hydrogen-bond acceptors (Lipinski definition) is 3. The van der Waals surface area contributed by atoms with Crippen LogP contribution in [-0.2, 0) is 9.53 Å². The molecule has 0 aliphatic rings. The molecular weight excluding hydrogens is 224 g/mol. The van der Waals surface area contributed by atoms with Gasteiger partial charge in [-0.3, -0.25) is 4.79 Å². The van der Waals surface area contributed by atoms with Crippen molar-refractivity contribution >= 4 is 23.1 Å². The lowest BCUT2D eigenvalue weighted by molar-refractivity contribution is -0.133. The molecule has 1 unspecified atom stereocenters. The topological polar surface area (TPSA) is 55.6 Å². The van der Waals surface area contributed by atoms with E-state index in [-0.39, 0.29) is 22.7 Å². The lowest BCUT2D eigenvalue weighted by atomic mass is 9.94. The van der Waals surface area contributed by atoms with Gasteiger partial charge in [0, 0.05) is 27.3 Å². The van der Waals surface area contributed by atoms with Crippen LogP contribution in [0.1, 0.15) is 20.3 Å². The lowest BCUT2D eigenvalue weighted by Gasteiger charge is -2.25. The molecule has 0 heterocycles. The van der Waals surface area contributed by atoms with E-state index >= 15 is 0 Å². The van der Waals surface area contributed by atoms with Crippen LogP contribution in [-0.4, -0.2) is 43.1 Å². The van der Waals surface area contributed by atoms with Gasteiger partial charge in [-0.25, -0.2) is 0 Å². The van der Waals surface area contributed by atoms with Crippen molar-refractivity contribution < 1.29 is 9.53 Å². The van der Waals surface area contributed by atoms with E-state index < -0.39 is 0 Å². The molecule has 0 aromatic carbocycles. The van der Waals surface area contributed by atoms with Crippen LogP contribution in [0.25, 0.3) is 0 Å². The molecule has 0 aliphatic carbocycles. The number of methoxy groups -OCH3 is 1. The minimum absolute atomic E-state index is 0.00129. The van der Waals surface area contributed by atoms with Gasteiger partial charge in [0.05, 0.1) is 10.9 Å². The summed E-state index contributed by atoms with van der Waals surface area (Å²) in [7, 11) is 3.42. The molecule has 0 aromatic rings. The first-order chi connectivity index (χ1) is 7.41. The number of carbonyl (C=O) groups is 1. The maximum absolute atomic E-state index is 12.0. The highest BCUT2D eigenvalue weighted by Gasteiger charge is 2.27. The summed E-state index contributed by atoms with van der Waals surface area (Å²) in [5.74, 6) is -0.226. The zero-order valence-corrected chi connectivity index (χ0v) is 11.3. The van der Waals surface area contributed by atoms with Gasteiger partial charge in [0.1, 0.15) is 0 Å². The summed E-state index contributed by atoms with van der Waals surface area (Å²) in [6, 6.07) is 0. The lowest BCUT2D eigenvalue weighted by Crippen LogP contribution is -2.42. The largest absolute Gasteiger partial charge is 0.393 e. The summed E-state index contributed by atoms with van der Waals surface area (Å²) in [6.45, 7) is 5.21. The number of carbonyl (C=O) groups excluding carboxylic acids is 1. The van der Waals surface area contributed by atoms with E-state index in [1.54, 1.807) is 19.1 Å². The van der Waals surface area contributed by atoms with E-state index in [2.05, 4.69) is 0 Å². The number of nitrogens with two attached hydrogens (primary N) is 1. The van der Waals surface area contributed by atoms with E-state index in [1.807, 2.05) is 13.8 Å². The van der Waals surface area contributed by atoms with Crippen molar-refractivity contribution in [3.05, 3.63) is 0 Å². The predicted molar refractivity (Wildman–Crippen MR) is 69.2 cm³/mol. The molecule has 0 fully saturated rings. The van der Waals surface area contributed by atoms with E-state index in [9.17, 15) is 4.79 Å². The van der Waals surface area contributed by atoms with Gasteiger partial charge in [0.15, 0.2) is 0 Å². The third-order valence-electron chi connectivity index (χ3n) is 2.46. The third kappa shape index (κ3) is 4.90. The second-order valence-corrected chi connectivity index (χ2v) is 4.70. The minimum Gasteiger partial charge on any atom is -0.393 e. The summed E-state index contributed by atoms with van der Waals surface area (Å²) >= 11 is 4.93. The molecule has 0 saturated carbocycles. The SMILES string of the molecule is COCCCN(C)C(=O)C(C(N)=S)C(C)C. The fraction of sp³-hybridized carbons (Fsp3) is 0.818. The average molecular weight is 246 g/mol. The van der Waals surface area contributed by atoms with Crippen LogP contribution in [0.5, 0.6) is 0 Å². The molecular formula is C11H22N2O2S. The molecule has 0 aliphatic heterocycles. The van der Waals surface area contributed by atoms with Crippen LogP contribution in [0.15, 0.2) is 0 Å². The smallest absolute Gasteiger partial charge is 0.232 e. The van der Waals surface area contributed by atoms with Crippen LogP contribution in [0.3, 0.4) is 0 Å². The van der Waals surface area contributed by atoms with Crippen molar-refractivity contribution in [1.29, 1.82) is 0 Å². The van der Waals surface area contributed by atoms with Gasteiger partial charge in [-0.1, -0.05) is 26.1 Å². The minimum atomic E-state index is -0.359. The first-order valence-electron chi connectivity index (χ1n) is 5.45. The molecule has 4 nitrogen and oxygen atoms in total. The third-order valence-corrected chi connectivity index (χ3v) is 2.71. The van der Waals surface area contributed by atoms with Crippen LogP contribution < -0.4 is 5.73 Å². The Morgan fingerprint density at radius 1 is 1.50 bits per heavy atom. The van der Waals surface area contributed by atoms with Crippen LogP contribution >= 0.6 is 12.2 Å². The highest BCUT2D eigenvalue weighted by atomic mass is 32.1. The van der Waals surface area contributed by atoms with Crippen LogP contribution in [0.2, 0.25) is 0 Å². The number of rotatable bonds is 7. The molecule has 1 amide bonds. The molecule has 16 heavy (non-hydrogen) atoms. The Hall–Kier alpha value is -0.680. The Labute approximate surface area is 103 Å². The Morgan fingerprint density at radius 2 is 2.06 bits per heavy atom. The van der Waals surface area contributed by atoms with Crippen molar-refractivity contribution in [3.63, 3.8) is 0 Å². The molecule has 0 bridgehead atoms. The molecule has 0 spiro atoms. The maximum Gasteiger partial charge on any atom is 0.232 e. The van der Waals surface area contributed by atoms with Crippen molar-refractivity contribution in [3.8, 4) is 0 Å². The number of nitrogens with zero attached hydrogens (tertiary/aromatic N) is 1. The van der Waals surface area contributed by atoms with Gasteiger partial charge < -0.3 is 15.4 Å². The van der Waals surface area contributed by atoms with Gasteiger partial charge in [0.25, 0.3) is 0 Å². The molecule has 0 radical (unpaired) electrons. The fourth-order valence-electron chi connectivity index (χ4n) is 1.53. The number of amides is 1. The van der Waals surface area contributed by atoms with Gasteiger partial charge in [-0.15, -0.1) is 0 Å². The molecule has 1 atom stereocenters. The Morgan fingerprint density at radius 3 is 2.44 bits per heavy atom. The number of thiocarbonyl (C=S) groups is 1. The second kappa shape index (κ2) is 7.57. The summed E-state index contributed by atoms with van der Waals surface area (Å²) in [5, 5.41) is 0. The van der Waals surface area contributed by atoms with E-state index in [1.165, 1.54) is 0 Å². The van der Waals surface area contributed by atoms with Crippen LogP contribution in [0, 0.1) is 11.8 Å². The number of ether oxygens (including phenoxy) is 1. The highest BCUT2D eigenvalue weighted by Crippen LogP contribution is 2.14. The van der Waals surface area contributed by atoms with Crippen molar-refractivity contribution in [2.75, 3.05) is 27.3 Å². The zero-order valence-electron chi connectivity index (χ0n) is 10.5. The van der Waals surface area contributed by atoms with Crippen molar-refractivity contribution in [2.45, 2.75) is 20.3 Å². The normalized spacial score (nSPS) is 12.6. The highest BCUT2D eigenvalue weighted by molar-refractivity contribution is 7.80. The first kappa shape index (κ1) is 15.3. The zero-order chi connectivity index (χ0) is 12.7. The van der Waals surface area contributed by atoms with Gasteiger partial charge in [-0.2, -0.15) is 0 Å². The van der Waals surface area contributed by atoms with E-state index in [4.69, 9.17) is 22.7 Å². The molecule has 94 valence electrons. The summed E-state index contributed by atoms with van der Waals surface area (Å²) < 4.78 is 4.94. The van der Waals surface area contributed by atoms with Crippen LogP contribution in [0.4, 0.5) is 0 Å². The standard InChI is InChI=1S/C11H22N2O2S/c1-8(2)9(10(12)16)11(14)13(3)6-5-7-15-4/h8-9H,5-7H2,1-4H3,(H2,12,16). The first-order valence-corrected chi connectivity index (χ1v) is 5.85. The van der Waals surface area contributed by atoms with Crippen molar-refractivity contribution in [2.24, 2.45) is 17.6 Å². The molecule has 0 saturated heterocycles. The van der Waals surface area contributed by atoms with Gasteiger partial charge in [-0.05, 0) is 12.3 Å². The Balaban J connectivity index is 4.32. The van der Waals surface area contributed by atoms with Crippen molar-refractivity contribution in [1.82, 2.24) is 4.90 Å². The van der Waals surface area contributed by atoms with E-state index in [0.717, 1.165) is 6.42 Å². The molecule has 0 rings (SSSR count). The molecule has 2 N–H and O–H groups in total. The Kier molecular flexibility index (Phi) is 7.25. The fourth-order valence-corrected chi connectivity index (χ4v) is 1.90. The predicted octanol–water partition coefficient (Wildman–Crippen LogP) is 1.04. The molecule has 5 heteroatoms. The maximum atomic E-state index is 12.0.